The van der Waals surface area contributed by atoms with Gasteiger partial charge in [-0.3, -0.25) is 0 Å². The summed E-state index contributed by atoms with van der Waals surface area (Å²) in [6.07, 6.45) is 7.66. The zero-order chi connectivity index (χ0) is 29.6. The third-order valence-corrected chi connectivity index (χ3v) is 9.53. The maximum atomic E-state index is 6.95. The average Bonchev–Trinajstić information content (AvgIpc) is 2.78. The zero-order valence-corrected chi connectivity index (χ0v) is 29.0. The first-order valence-electron chi connectivity index (χ1n) is 15.5. The SMILES string of the molecule is CCCCCCC[CH2][Al]([O]c1ccc(C(C)(C)C)cc1C(C)(C)C)[O]c1ccc(C(C)(C)C)cc1C(C)(C)C. The van der Waals surface area contributed by atoms with Crippen molar-refractivity contribution in [1.82, 2.24) is 0 Å². The fourth-order valence-electron chi connectivity index (χ4n) is 4.89. The minimum Gasteiger partial charge on any atom is -0.612 e. The molecule has 2 nitrogen and oxygen atoms in total. The van der Waals surface area contributed by atoms with E-state index in [1.807, 2.05) is 0 Å². The zero-order valence-electron chi connectivity index (χ0n) is 27.8. The second-order valence-electron chi connectivity index (χ2n) is 15.6. The van der Waals surface area contributed by atoms with Crippen LogP contribution in [0.15, 0.2) is 36.4 Å². The van der Waals surface area contributed by atoms with Crippen LogP contribution in [0.4, 0.5) is 0 Å². The molecule has 0 spiro atoms. The lowest BCUT2D eigenvalue weighted by atomic mass is 9.80. The Labute approximate surface area is 247 Å². The van der Waals surface area contributed by atoms with Gasteiger partial charge in [0.25, 0.3) is 0 Å². The third-order valence-electron chi connectivity index (χ3n) is 7.62. The Bertz CT molecular complexity index is 964. The Morgan fingerprint density at radius 3 is 1.26 bits per heavy atom. The monoisotopic (exact) mass is 550 g/mol. The average molecular weight is 551 g/mol. The molecular formula is C36H59AlO2. The van der Waals surface area contributed by atoms with Gasteiger partial charge in [-0.1, -0.05) is 153 Å². The van der Waals surface area contributed by atoms with Gasteiger partial charge in [-0.25, -0.2) is 0 Å². The lowest BCUT2D eigenvalue weighted by Crippen LogP contribution is -2.32. The summed E-state index contributed by atoms with van der Waals surface area (Å²) in [5, 5.41) is 1.02. The van der Waals surface area contributed by atoms with Crippen molar-refractivity contribution in [1.29, 1.82) is 0 Å². The van der Waals surface area contributed by atoms with Crippen molar-refractivity contribution in [3.8, 4) is 11.5 Å². The predicted octanol–water partition coefficient (Wildman–Crippen LogP) is 11.2. The summed E-state index contributed by atoms with van der Waals surface area (Å²) in [4.78, 5) is 0. The molecule has 0 fully saturated rings. The molecule has 0 amide bonds. The van der Waals surface area contributed by atoms with Gasteiger partial charge in [0.05, 0.1) is 11.5 Å². The lowest BCUT2D eigenvalue weighted by molar-refractivity contribution is 0.398. The van der Waals surface area contributed by atoms with Crippen molar-refractivity contribution in [2.75, 3.05) is 0 Å². The van der Waals surface area contributed by atoms with Gasteiger partial charge in [0.2, 0.25) is 0 Å². The number of rotatable bonds is 11. The van der Waals surface area contributed by atoms with Crippen LogP contribution in [0.5, 0.6) is 11.5 Å². The number of unbranched alkanes of at least 4 members (excludes halogenated alkanes) is 5. The van der Waals surface area contributed by atoms with Gasteiger partial charge < -0.3 is 7.58 Å². The predicted molar refractivity (Wildman–Crippen MR) is 173 cm³/mol. The van der Waals surface area contributed by atoms with Crippen LogP contribution in [0.2, 0.25) is 5.28 Å². The quantitative estimate of drug-likeness (QED) is 0.205. The van der Waals surface area contributed by atoms with Crippen molar-refractivity contribution >= 4 is 14.8 Å². The van der Waals surface area contributed by atoms with E-state index < -0.39 is 14.8 Å². The Morgan fingerprint density at radius 1 is 0.513 bits per heavy atom. The van der Waals surface area contributed by atoms with E-state index in [1.54, 1.807) is 0 Å². The van der Waals surface area contributed by atoms with E-state index in [2.05, 4.69) is 126 Å². The highest BCUT2D eigenvalue weighted by molar-refractivity contribution is 6.46. The van der Waals surface area contributed by atoms with Crippen LogP contribution >= 0.6 is 0 Å². The van der Waals surface area contributed by atoms with Crippen molar-refractivity contribution in [3.05, 3.63) is 58.7 Å². The molecule has 0 unspecified atom stereocenters. The van der Waals surface area contributed by atoms with Gasteiger partial charge in [0, 0.05) is 0 Å². The summed E-state index contributed by atoms with van der Waals surface area (Å²) in [7, 11) is 0. The molecule has 0 aliphatic rings. The molecule has 0 N–H and O–H groups in total. The number of hydrogen-bond donors (Lipinski definition) is 0. The largest absolute Gasteiger partial charge is 0.856 e. The standard InChI is InChI=1S/2C14H22O.C8H17.Al/c2*1-13(2,3)10-7-8-12(15)11(9-10)14(4,5)6;1-3-5-7-8-6-4-2;/h2*7-9,15H,1-6H3;1,3-8H2,2H3;/q;;;+2/p-2. The first kappa shape index (κ1) is 33.8. The topological polar surface area (TPSA) is 18.5 Å². The molecule has 0 atom stereocenters. The highest BCUT2D eigenvalue weighted by Gasteiger charge is 2.36. The summed E-state index contributed by atoms with van der Waals surface area (Å²) < 4.78 is 13.9. The van der Waals surface area contributed by atoms with E-state index >= 15 is 0 Å². The van der Waals surface area contributed by atoms with Crippen LogP contribution in [0, 0.1) is 0 Å². The molecule has 2 aromatic carbocycles. The van der Waals surface area contributed by atoms with E-state index in [-0.39, 0.29) is 21.7 Å². The van der Waals surface area contributed by atoms with Crippen LogP contribution < -0.4 is 7.58 Å². The fraction of sp³-hybridized carbons (Fsp3) is 0.667. The van der Waals surface area contributed by atoms with Gasteiger partial charge in [0.15, 0.2) is 0 Å². The van der Waals surface area contributed by atoms with Crippen molar-refractivity contribution < 1.29 is 7.58 Å². The minimum atomic E-state index is -2.06. The van der Waals surface area contributed by atoms with E-state index in [1.165, 1.54) is 54.4 Å². The summed E-state index contributed by atoms with van der Waals surface area (Å²) in [6, 6.07) is 13.6. The van der Waals surface area contributed by atoms with Gasteiger partial charge >= 0.3 is 14.8 Å². The van der Waals surface area contributed by atoms with Gasteiger partial charge in [-0.05, 0) is 61.3 Å². The summed E-state index contributed by atoms with van der Waals surface area (Å²) in [5.41, 5.74) is 5.42. The molecule has 39 heavy (non-hydrogen) atoms. The van der Waals surface area contributed by atoms with Crippen LogP contribution in [0.1, 0.15) is 151 Å². The van der Waals surface area contributed by atoms with E-state index in [4.69, 9.17) is 7.58 Å². The van der Waals surface area contributed by atoms with Crippen molar-refractivity contribution in [2.45, 2.75) is 155 Å². The molecule has 218 valence electrons. The third kappa shape index (κ3) is 10.5. The van der Waals surface area contributed by atoms with Gasteiger partial charge in [-0.15, -0.1) is 0 Å². The second-order valence-corrected chi connectivity index (χ2v) is 17.6. The Balaban J connectivity index is 2.45. The first-order valence-corrected chi connectivity index (χ1v) is 17.2. The van der Waals surface area contributed by atoms with E-state index in [0.717, 1.165) is 23.2 Å². The van der Waals surface area contributed by atoms with Crippen LogP contribution in [-0.4, -0.2) is 14.8 Å². The highest BCUT2D eigenvalue weighted by Crippen LogP contribution is 2.38. The van der Waals surface area contributed by atoms with Crippen LogP contribution in [0.25, 0.3) is 0 Å². The number of hydrogen-bond acceptors (Lipinski definition) is 2. The van der Waals surface area contributed by atoms with Crippen molar-refractivity contribution in [3.63, 3.8) is 0 Å². The maximum absolute atomic E-state index is 6.95. The molecule has 2 aromatic rings. The summed E-state index contributed by atoms with van der Waals surface area (Å²) >= 11 is -2.06. The number of benzene rings is 2. The molecule has 2 rings (SSSR count). The molecule has 0 aliphatic carbocycles. The summed E-state index contributed by atoms with van der Waals surface area (Å²) in [5.74, 6) is 2.00. The minimum absolute atomic E-state index is 0.0133. The maximum Gasteiger partial charge on any atom is 0.856 e. The van der Waals surface area contributed by atoms with E-state index in [0.29, 0.717) is 0 Å². The van der Waals surface area contributed by atoms with Crippen LogP contribution in [0.3, 0.4) is 0 Å². The molecule has 0 aromatic heterocycles. The molecule has 0 aliphatic heterocycles. The molecule has 0 saturated heterocycles. The molecule has 0 heterocycles. The van der Waals surface area contributed by atoms with Gasteiger partial charge in [-0.2, -0.15) is 0 Å². The smallest absolute Gasteiger partial charge is 0.612 e. The first-order chi connectivity index (χ1) is 17.8. The highest BCUT2D eigenvalue weighted by atomic mass is 27.2. The Hall–Kier alpha value is -1.43. The van der Waals surface area contributed by atoms with Crippen molar-refractivity contribution in [2.24, 2.45) is 0 Å². The molecule has 0 radical (unpaired) electrons. The molecule has 3 heteroatoms. The lowest BCUT2D eigenvalue weighted by Gasteiger charge is -2.30. The second kappa shape index (κ2) is 13.5. The molecule has 0 saturated carbocycles. The van der Waals surface area contributed by atoms with E-state index in [9.17, 15) is 0 Å². The summed E-state index contributed by atoms with van der Waals surface area (Å²) in [6.45, 7) is 29.7. The molecular weight excluding hydrogens is 491 g/mol. The molecule has 0 bridgehead atoms. The fourth-order valence-corrected chi connectivity index (χ4v) is 6.77. The van der Waals surface area contributed by atoms with Gasteiger partial charge in [0.1, 0.15) is 0 Å². The normalized spacial score (nSPS) is 12.9. The Morgan fingerprint density at radius 2 is 0.897 bits per heavy atom. The van der Waals surface area contributed by atoms with Crippen LogP contribution in [-0.2, 0) is 21.7 Å². The Kier molecular flexibility index (Phi) is 11.7.